The number of carbonyl (C=O) groups is 1. The van der Waals surface area contributed by atoms with E-state index in [9.17, 15) is 15.2 Å². The number of hydrogen-bond donors (Lipinski definition) is 1. The standard InChI is InChI=1S/C19H19NO2S3.C14H12OS3/c1-19(14-20,25-18(23)16-5-3-2-4-6-16)10-7-17(21)22-11-8-15-9-12-24-13-15;15-6-5-10-9-13(11-3-1-7-16-11)18-14(10)12-4-2-8-17-12/h2-6,9,12-13H,7-8,10-11H2,1H3;1-4,7-9,15H,5-6H2. The molecule has 1 N–H and O–H groups in total. The summed E-state index contributed by atoms with van der Waals surface area (Å²) in [6, 6.07) is 24.6. The highest BCUT2D eigenvalue weighted by Crippen LogP contribution is 2.41. The van der Waals surface area contributed by atoms with Crippen molar-refractivity contribution in [1.29, 1.82) is 5.26 Å². The van der Waals surface area contributed by atoms with Crippen molar-refractivity contribution in [2.45, 2.75) is 37.4 Å². The Kier molecular flexibility index (Phi) is 13.2. The zero-order chi connectivity index (χ0) is 30.5. The van der Waals surface area contributed by atoms with E-state index < -0.39 is 4.75 Å². The maximum Gasteiger partial charge on any atom is 0.305 e. The fraction of sp³-hybridized carbons (Fsp3) is 0.242. The van der Waals surface area contributed by atoms with Gasteiger partial charge in [0.1, 0.15) is 4.75 Å². The smallest absolute Gasteiger partial charge is 0.305 e. The largest absolute Gasteiger partial charge is 0.465 e. The first-order valence-electron chi connectivity index (χ1n) is 13.6. The zero-order valence-electron chi connectivity index (χ0n) is 23.6. The molecule has 0 radical (unpaired) electrons. The fourth-order valence-electron chi connectivity index (χ4n) is 3.99. The van der Waals surface area contributed by atoms with Gasteiger partial charge in [-0.05, 0) is 82.2 Å². The summed E-state index contributed by atoms with van der Waals surface area (Å²) in [4.78, 5) is 17.1. The molecule has 0 aliphatic heterocycles. The number of carbonyl (C=O) groups excluding carboxylic acids is 1. The molecule has 5 aromatic rings. The third-order valence-corrected chi connectivity index (χ3v) is 12.0. The molecular weight excluding hydrogens is 651 g/mol. The Labute approximate surface area is 278 Å². The molecule has 0 fully saturated rings. The van der Waals surface area contributed by atoms with E-state index >= 15 is 0 Å². The average molecular weight is 682 g/mol. The van der Waals surface area contributed by atoms with Crippen LogP contribution in [0.5, 0.6) is 0 Å². The molecule has 4 nitrogen and oxygen atoms in total. The topological polar surface area (TPSA) is 70.3 Å². The van der Waals surface area contributed by atoms with Gasteiger partial charge in [0, 0.05) is 39.0 Å². The van der Waals surface area contributed by atoms with Crippen LogP contribution in [0.4, 0.5) is 0 Å². The van der Waals surface area contributed by atoms with Crippen molar-refractivity contribution in [2.75, 3.05) is 13.2 Å². The second-order valence-electron chi connectivity index (χ2n) is 9.59. The molecule has 0 spiro atoms. The first kappa shape index (κ1) is 33.3. The van der Waals surface area contributed by atoms with Crippen molar-refractivity contribution in [3.8, 4) is 25.6 Å². The lowest BCUT2D eigenvalue weighted by atomic mass is 10.1. The van der Waals surface area contributed by atoms with Crippen molar-refractivity contribution in [1.82, 2.24) is 0 Å². The minimum atomic E-state index is -0.751. The second-order valence-corrected chi connectivity index (χ2v) is 15.5. The summed E-state index contributed by atoms with van der Waals surface area (Å²) >= 11 is 13.7. The van der Waals surface area contributed by atoms with E-state index in [0.29, 0.717) is 17.2 Å². The molecule has 1 atom stereocenters. The number of aliphatic hydroxyl groups is 1. The van der Waals surface area contributed by atoms with Gasteiger partial charge in [-0.2, -0.15) is 16.6 Å². The first-order chi connectivity index (χ1) is 20.9. The summed E-state index contributed by atoms with van der Waals surface area (Å²) in [6.45, 7) is 2.39. The van der Waals surface area contributed by atoms with E-state index in [1.165, 1.54) is 42.4 Å². The molecule has 1 aromatic carbocycles. The maximum absolute atomic E-state index is 11.9. The number of thiocarbonyl (C=S) groups is 1. The van der Waals surface area contributed by atoms with Crippen molar-refractivity contribution in [3.05, 3.63) is 105 Å². The van der Waals surface area contributed by atoms with Gasteiger partial charge in [-0.3, -0.25) is 4.79 Å². The van der Waals surface area contributed by atoms with Gasteiger partial charge in [-0.1, -0.05) is 66.4 Å². The Hall–Kier alpha value is -2.62. The number of nitrogens with zero attached hydrogens (tertiary/aromatic N) is 1. The number of aliphatic hydroxyl groups excluding tert-OH is 1. The number of benzene rings is 1. The molecule has 43 heavy (non-hydrogen) atoms. The number of esters is 1. The summed E-state index contributed by atoms with van der Waals surface area (Å²) in [5, 5.41) is 27.0. The van der Waals surface area contributed by atoms with Crippen molar-refractivity contribution in [2.24, 2.45) is 0 Å². The Bertz CT molecular complexity index is 1590. The Morgan fingerprint density at radius 2 is 1.74 bits per heavy atom. The van der Waals surface area contributed by atoms with E-state index in [-0.39, 0.29) is 19.0 Å². The van der Waals surface area contributed by atoms with Gasteiger partial charge in [-0.15, -0.1) is 34.0 Å². The predicted octanol–water partition coefficient (Wildman–Crippen LogP) is 9.75. The van der Waals surface area contributed by atoms with Crippen LogP contribution in [0, 0.1) is 11.3 Å². The quantitative estimate of drug-likeness (QED) is 0.104. The number of nitriles is 1. The summed E-state index contributed by atoms with van der Waals surface area (Å²) < 4.78 is 5.17. The fourth-order valence-corrected chi connectivity index (χ4v) is 9.22. The van der Waals surface area contributed by atoms with Crippen LogP contribution in [0.25, 0.3) is 19.5 Å². The second kappa shape index (κ2) is 17.0. The van der Waals surface area contributed by atoms with E-state index in [4.69, 9.17) is 17.0 Å². The monoisotopic (exact) mass is 681 g/mol. The molecule has 4 heterocycles. The Morgan fingerprint density at radius 3 is 2.37 bits per heavy atom. The Morgan fingerprint density at radius 1 is 1.00 bits per heavy atom. The first-order valence-corrected chi connectivity index (χ1v) is 18.3. The molecular formula is C33H31NO3S6. The normalized spacial score (nSPS) is 12.0. The van der Waals surface area contributed by atoms with Gasteiger partial charge >= 0.3 is 5.97 Å². The number of thiophene rings is 4. The van der Waals surface area contributed by atoms with Gasteiger partial charge in [0.15, 0.2) is 0 Å². The van der Waals surface area contributed by atoms with E-state index in [1.54, 1.807) is 34.0 Å². The number of hydrogen-bond acceptors (Lipinski definition) is 10. The van der Waals surface area contributed by atoms with E-state index in [1.807, 2.05) is 65.4 Å². The van der Waals surface area contributed by atoms with Crippen LogP contribution in [0.1, 0.15) is 36.5 Å². The summed E-state index contributed by atoms with van der Waals surface area (Å²) in [5.41, 5.74) is 3.35. The van der Waals surface area contributed by atoms with Gasteiger partial charge in [-0.25, -0.2) is 0 Å². The van der Waals surface area contributed by atoms with Crippen LogP contribution in [0.2, 0.25) is 0 Å². The van der Waals surface area contributed by atoms with Gasteiger partial charge in [0.05, 0.1) is 16.9 Å². The zero-order valence-corrected chi connectivity index (χ0v) is 28.5. The molecule has 0 saturated carbocycles. The van der Waals surface area contributed by atoms with Crippen molar-refractivity contribution < 1.29 is 14.6 Å². The molecule has 222 valence electrons. The third kappa shape index (κ3) is 10.2. The van der Waals surface area contributed by atoms with Crippen LogP contribution in [0.15, 0.2) is 88.3 Å². The lowest BCUT2D eigenvalue weighted by Crippen LogP contribution is -2.22. The number of ether oxygens (including phenoxy) is 1. The summed E-state index contributed by atoms with van der Waals surface area (Å²) in [7, 11) is 0. The van der Waals surface area contributed by atoms with E-state index in [2.05, 4.69) is 47.2 Å². The molecule has 10 heteroatoms. The lowest BCUT2D eigenvalue weighted by molar-refractivity contribution is -0.143. The molecule has 5 rings (SSSR count). The third-order valence-electron chi connectivity index (χ3n) is 6.30. The highest BCUT2D eigenvalue weighted by molar-refractivity contribution is 8.24. The highest BCUT2D eigenvalue weighted by Gasteiger charge is 2.28. The molecule has 0 saturated heterocycles. The van der Waals surface area contributed by atoms with Crippen LogP contribution in [-0.4, -0.2) is 33.2 Å². The molecule has 0 bridgehead atoms. The van der Waals surface area contributed by atoms with Crippen LogP contribution < -0.4 is 0 Å². The highest BCUT2D eigenvalue weighted by atomic mass is 32.2. The van der Waals surface area contributed by atoms with Crippen LogP contribution in [0.3, 0.4) is 0 Å². The molecule has 0 aliphatic carbocycles. The van der Waals surface area contributed by atoms with Gasteiger partial charge in [0.25, 0.3) is 0 Å². The number of rotatable bonds is 12. The van der Waals surface area contributed by atoms with Gasteiger partial charge in [0.2, 0.25) is 0 Å². The average Bonchev–Trinajstić information content (AvgIpc) is 3.85. The minimum absolute atomic E-state index is 0.206. The lowest BCUT2D eigenvalue weighted by Gasteiger charge is -2.20. The SMILES string of the molecule is CC(C#N)(CCC(=O)OCCc1ccsc1)SC(=S)c1ccccc1.OCCc1cc(-c2cccs2)sc1-c1cccs1. The van der Waals surface area contributed by atoms with E-state index in [0.717, 1.165) is 18.4 Å². The van der Waals surface area contributed by atoms with Gasteiger partial charge < -0.3 is 9.84 Å². The van der Waals surface area contributed by atoms with Crippen LogP contribution >= 0.6 is 69.3 Å². The number of thioether (sulfide) groups is 1. The summed E-state index contributed by atoms with van der Waals surface area (Å²) in [5.74, 6) is -0.275. The van der Waals surface area contributed by atoms with Crippen molar-refractivity contribution in [3.63, 3.8) is 0 Å². The Balaban J connectivity index is 0.000000206. The molecule has 1 unspecified atom stereocenters. The van der Waals surface area contributed by atoms with Crippen molar-refractivity contribution >= 4 is 79.5 Å². The maximum atomic E-state index is 11.9. The minimum Gasteiger partial charge on any atom is -0.465 e. The summed E-state index contributed by atoms with van der Waals surface area (Å²) in [6.07, 6.45) is 2.06. The predicted molar refractivity (Wildman–Crippen MR) is 190 cm³/mol. The molecule has 4 aromatic heterocycles. The molecule has 0 amide bonds. The molecule has 0 aliphatic rings. The van der Waals surface area contributed by atoms with Crippen LogP contribution in [-0.2, 0) is 22.4 Å².